The second-order valence-electron chi connectivity index (χ2n) is 6.02. The molecule has 1 aromatic heterocycles. The van der Waals surface area contributed by atoms with Crippen molar-refractivity contribution in [1.82, 2.24) is 4.57 Å². The summed E-state index contributed by atoms with van der Waals surface area (Å²) in [5, 5.41) is 10.5. The zero-order valence-electron chi connectivity index (χ0n) is 13.8. The molecule has 0 bridgehead atoms. The highest BCUT2D eigenvalue weighted by molar-refractivity contribution is 7.27. The van der Waals surface area contributed by atoms with Crippen LogP contribution in [0, 0.1) is 0 Å². The molecule has 0 saturated carbocycles. The maximum atomic E-state index is 12.4. The van der Waals surface area contributed by atoms with Crippen molar-refractivity contribution in [1.29, 1.82) is 0 Å². The fourth-order valence-corrected chi connectivity index (χ4v) is 2.76. The number of aliphatic hydroxyl groups excluding tert-OH is 1. The van der Waals surface area contributed by atoms with E-state index in [0.717, 1.165) is 16.7 Å². The van der Waals surface area contributed by atoms with Crippen LogP contribution in [0.2, 0.25) is 0 Å². The molecule has 0 spiro atoms. The van der Waals surface area contributed by atoms with E-state index in [9.17, 15) is 4.79 Å². The first-order valence-corrected chi connectivity index (χ1v) is 8.06. The lowest BCUT2D eigenvalue weighted by Crippen LogP contribution is -2.33. The first kappa shape index (κ1) is 17.9. The summed E-state index contributed by atoms with van der Waals surface area (Å²) in [5.41, 5.74) is 0.326. The number of aromatic nitrogens is 1. The zero-order chi connectivity index (χ0) is 17.0. The summed E-state index contributed by atoms with van der Waals surface area (Å²) in [4.78, 5) is 12.4. The van der Waals surface area contributed by atoms with Crippen LogP contribution < -0.4 is 15.6 Å². The van der Waals surface area contributed by atoms with Gasteiger partial charge in [0.05, 0.1) is 24.8 Å². The molecule has 1 N–H and O–H groups in total. The first-order valence-electron chi connectivity index (χ1n) is 7.56. The number of ether oxygens (including phenoxy) is 2. The molecule has 0 aliphatic heterocycles. The topological polar surface area (TPSA) is 60.7 Å². The molecule has 0 saturated heterocycles. The number of rotatable bonds is 7. The van der Waals surface area contributed by atoms with Crippen molar-refractivity contribution in [2.75, 3.05) is 20.3 Å². The number of hydrogen-bond donors (Lipinski definition) is 1. The first-order chi connectivity index (χ1) is 10.9. The number of nitrogens with zero attached hydrogens (tertiary/aromatic N) is 1. The molecule has 0 atom stereocenters. The molecule has 23 heavy (non-hydrogen) atoms. The highest BCUT2D eigenvalue weighted by Gasteiger charge is 2.17. The van der Waals surface area contributed by atoms with Gasteiger partial charge in [0.25, 0.3) is 0 Å². The predicted octanol–water partition coefficient (Wildman–Crippen LogP) is 1.96. The van der Waals surface area contributed by atoms with Gasteiger partial charge in [-0.2, -0.15) is 0 Å². The van der Waals surface area contributed by atoms with Gasteiger partial charge in [0.15, 0.2) is 0 Å². The highest BCUT2D eigenvalue weighted by Crippen LogP contribution is 2.20. The molecular formula is C17H23NO4P-. The van der Waals surface area contributed by atoms with Crippen molar-refractivity contribution >= 4 is 25.4 Å². The Kier molecular flexibility index (Phi) is 5.79. The van der Waals surface area contributed by atoms with Crippen molar-refractivity contribution in [2.24, 2.45) is 0 Å². The second-order valence-corrected chi connectivity index (χ2v) is 6.56. The molecule has 0 aliphatic rings. The second kappa shape index (κ2) is 7.43. The van der Waals surface area contributed by atoms with Crippen LogP contribution in [0.5, 0.6) is 5.75 Å². The minimum atomic E-state index is -0.414. The lowest BCUT2D eigenvalue weighted by Gasteiger charge is -2.25. The van der Waals surface area contributed by atoms with Crippen LogP contribution in [-0.2, 0) is 11.3 Å². The summed E-state index contributed by atoms with van der Waals surface area (Å²) in [6, 6.07) is 7.40. The van der Waals surface area contributed by atoms with E-state index >= 15 is 0 Å². The smallest absolute Gasteiger partial charge is 0.223 e. The molecule has 6 heteroatoms. The van der Waals surface area contributed by atoms with Gasteiger partial charge in [0, 0.05) is 13.2 Å². The Balaban J connectivity index is 2.29. The molecule has 0 amide bonds. The van der Waals surface area contributed by atoms with Crippen LogP contribution in [-0.4, -0.2) is 35.6 Å². The summed E-state index contributed by atoms with van der Waals surface area (Å²) in [7, 11) is 4.99. The van der Waals surface area contributed by atoms with Crippen LogP contribution >= 0.6 is 9.24 Å². The number of pyridine rings is 1. The van der Waals surface area contributed by atoms with Gasteiger partial charge in [0.2, 0.25) is 5.56 Å². The predicted molar refractivity (Wildman–Crippen MR) is 94.4 cm³/mol. The van der Waals surface area contributed by atoms with E-state index in [4.69, 9.17) is 14.6 Å². The van der Waals surface area contributed by atoms with Gasteiger partial charge in [-0.05, 0) is 43.9 Å². The number of aliphatic hydroxyl groups is 1. The van der Waals surface area contributed by atoms with Gasteiger partial charge in [-0.1, -0.05) is 6.07 Å². The van der Waals surface area contributed by atoms with E-state index < -0.39 is 5.60 Å². The third-order valence-electron chi connectivity index (χ3n) is 3.82. The van der Waals surface area contributed by atoms with Gasteiger partial charge >= 0.3 is 0 Å². The summed E-state index contributed by atoms with van der Waals surface area (Å²) < 4.78 is 12.7. The molecule has 0 fully saturated rings. The average molecular weight is 336 g/mol. The third-order valence-corrected chi connectivity index (χ3v) is 4.18. The molecule has 0 radical (unpaired) electrons. The van der Waals surface area contributed by atoms with E-state index in [1.165, 1.54) is 0 Å². The molecule has 1 heterocycles. The van der Waals surface area contributed by atoms with Crippen LogP contribution in [0.25, 0.3) is 10.9 Å². The minimum absolute atomic E-state index is 0.0757. The van der Waals surface area contributed by atoms with Gasteiger partial charge in [0.1, 0.15) is 5.75 Å². The number of benzene rings is 1. The van der Waals surface area contributed by atoms with Crippen molar-refractivity contribution in [3.8, 4) is 5.75 Å². The Morgan fingerprint density at radius 2 is 2.04 bits per heavy atom. The zero-order valence-corrected chi connectivity index (χ0v) is 14.8. The van der Waals surface area contributed by atoms with E-state index in [1.54, 1.807) is 17.7 Å². The van der Waals surface area contributed by atoms with Gasteiger partial charge < -0.3 is 28.4 Å². The van der Waals surface area contributed by atoms with Crippen LogP contribution in [0.4, 0.5) is 0 Å². The Labute approximate surface area is 138 Å². The summed E-state index contributed by atoms with van der Waals surface area (Å²) in [5.74, 6) is 0.745. The summed E-state index contributed by atoms with van der Waals surface area (Å²) in [6.07, 6.45) is 0.554. The molecule has 2 rings (SSSR count). The Morgan fingerprint density at radius 3 is 2.70 bits per heavy atom. The summed E-state index contributed by atoms with van der Waals surface area (Å²) >= 11 is 0. The van der Waals surface area contributed by atoms with Crippen LogP contribution in [0.1, 0.15) is 20.3 Å². The fraction of sp³-hybridized carbons (Fsp3) is 0.471. The Hall–Kier alpha value is -1.42. The molecule has 5 nitrogen and oxygen atoms in total. The lowest BCUT2D eigenvalue weighted by molar-refractivity contribution is -0.0356. The summed E-state index contributed by atoms with van der Waals surface area (Å²) in [6.45, 7) is 4.76. The van der Waals surface area contributed by atoms with Gasteiger partial charge in [-0.3, -0.25) is 4.79 Å². The molecule has 126 valence electrons. The Morgan fingerprint density at radius 1 is 1.30 bits per heavy atom. The molecule has 1 aromatic carbocycles. The number of methoxy groups -OCH3 is 1. The average Bonchev–Trinajstić information content (AvgIpc) is 2.50. The fourth-order valence-electron chi connectivity index (χ4n) is 2.47. The van der Waals surface area contributed by atoms with Gasteiger partial charge in [-0.15, -0.1) is 5.30 Å². The van der Waals surface area contributed by atoms with E-state index in [0.29, 0.717) is 24.9 Å². The Bertz CT molecular complexity index is 739. The molecular weight excluding hydrogens is 313 g/mol. The van der Waals surface area contributed by atoms with Crippen molar-refractivity contribution in [3.05, 3.63) is 34.6 Å². The van der Waals surface area contributed by atoms with E-state index in [-0.39, 0.29) is 12.2 Å². The van der Waals surface area contributed by atoms with E-state index in [1.807, 2.05) is 32.0 Å². The minimum Gasteiger partial charge on any atom is -0.519 e. The highest BCUT2D eigenvalue weighted by atomic mass is 31.0. The largest absolute Gasteiger partial charge is 0.519 e. The van der Waals surface area contributed by atoms with Crippen LogP contribution in [0.15, 0.2) is 29.1 Å². The third kappa shape index (κ3) is 4.31. The standard InChI is InChI=1S/C17H23NO4P/c1-17(2,6-8-19)22-9-7-18-14-5-4-13(21-3)10-12(14)11-15(23)16(18)20/h4-5,10-11,19,23H,6-9H2,1-3H3/q-1. The van der Waals surface area contributed by atoms with Crippen molar-refractivity contribution in [3.63, 3.8) is 0 Å². The number of hydrogen-bond acceptors (Lipinski definition) is 4. The molecule has 0 unspecified atom stereocenters. The lowest BCUT2D eigenvalue weighted by atomic mass is 10.1. The maximum Gasteiger partial charge on any atom is 0.223 e. The van der Waals surface area contributed by atoms with E-state index in [2.05, 4.69) is 9.24 Å². The normalized spacial score (nSPS) is 11.9. The van der Waals surface area contributed by atoms with Crippen molar-refractivity contribution < 1.29 is 14.6 Å². The monoisotopic (exact) mass is 336 g/mol. The quantitative estimate of drug-likeness (QED) is 0.785. The molecule has 2 aromatic rings. The number of fused-ring (bicyclic) bond motifs is 1. The van der Waals surface area contributed by atoms with Gasteiger partial charge in [-0.25, -0.2) is 0 Å². The SMILES string of the molecule is COc1ccc2c(c1)cc([PH-])c(=O)n2CCOC(C)(C)CCO. The van der Waals surface area contributed by atoms with Crippen LogP contribution in [0.3, 0.4) is 0 Å². The maximum absolute atomic E-state index is 12.4. The molecule has 0 aliphatic carbocycles. The van der Waals surface area contributed by atoms with Crippen molar-refractivity contribution in [2.45, 2.75) is 32.4 Å².